The lowest BCUT2D eigenvalue weighted by Gasteiger charge is -2.49. The molecule has 1 fully saturated rings. The van der Waals surface area contributed by atoms with Crippen molar-refractivity contribution >= 4 is 19.4 Å². The quantitative estimate of drug-likeness (QED) is 0.696. The first kappa shape index (κ1) is 15.0. The van der Waals surface area contributed by atoms with Crippen LogP contribution in [0, 0.1) is 0 Å². The van der Waals surface area contributed by atoms with Crippen LogP contribution in [-0.4, -0.2) is 19.8 Å². The van der Waals surface area contributed by atoms with Crippen LogP contribution in [0.25, 0.3) is 0 Å². The van der Waals surface area contributed by atoms with Crippen molar-refractivity contribution in [3.63, 3.8) is 0 Å². The molecule has 0 aliphatic carbocycles. The van der Waals surface area contributed by atoms with Crippen LogP contribution in [0.4, 0.5) is 0 Å². The molecule has 0 radical (unpaired) electrons. The molecular formula is C18H21NO2Si. The van der Waals surface area contributed by atoms with Gasteiger partial charge in [0.25, 0.3) is 5.91 Å². The normalized spacial score (nSPS) is 24.5. The highest BCUT2D eigenvalue weighted by Crippen LogP contribution is 2.39. The Labute approximate surface area is 132 Å². The van der Waals surface area contributed by atoms with Gasteiger partial charge < -0.3 is 9.74 Å². The molecule has 1 saturated heterocycles. The van der Waals surface area contributed by atoms with E-state index in [2.05, 4.69) is 30.5 Å². The third-order valence-corrected chi connectivity index (χ3v) is 7.00. The molecule has 2 aromatic rings. The Hall–Kier alpha value is -1.91. The van der Waals surface area contributed by atoms with Gasteiger partial charge in [0.2, 0.25) is 8.32 Å². The second-order valence-corrected chi connectivity index (χ2v) is 10.2. The molecule has 1 aliphatic rings. The summed E-state index contributed by atoms with van der Waals surface area (Å²) in [5, 5.41) is 4.18. The van der Waals surface area contributed by atoms with Crippen molar-refractivity contribution in [2.24, 2.45) is 0 Å². The third-order valence-electron chi connectivity index (χ3n) is 4.35. The van der Waals surface area contributed by atoms with Gasteiger partial charge in [0.15, 0.2) is 5.60 Å². The number of β-lactam (4-membered cyclic amide) rings is 1. The zero-order chi connectivity index (χ0) is 15.8. The minimum absolute atomic E-state index is 0.0298. The molecule has 2 atom stereocenters. The molecule has 1 heterocycles. The summed E-state index contributed by atoms with van der Waals surface area (Å²) in [7, 11) is -2.16. The monoisotopic (exact) mass is 311 g/mol. The van der Waals surface area contributed by atoms with E-state index in [1.165, 1.54) is 5.19 Å². The third kappa shape index (κ3) is 2.49. The number of nitrogens with one attached hydrogen (secondary N) is 1. The molecule has 4 heteroatoms. The fourth-order valence-electron chi connectivity index (χ4n) is 3.05. The molecule has 114 valence electrons. The van der Waals surface area contributed by atoms with Gasteiger partial charge in [-0.2, -0.15) is 0 Å². The van der Waals surface area contributed by atoms with Crippen LogP contribution in [0.5, 0.6) is 0 Å². The lowest BCUT2D eigenvalue weighted by molar-refractivity contribution is -0.155. The van der Waals surface area contributed by atoms with E-state index >= 15 is 0 Å². The maximum Gasteiger partial charge on any atom is 0.253 e. The number of amides is 1. The fourth-order valence-corrected chi connectivity index (χ4v) is 5.43. The molecule has 0 saturated carbocycles. The van der Waals surface area contributed by atoms with Crippen LogP contribution in [-0.2, 0) is 9.22 Å². The second kappa shape index (κ2) is 5.37. The molecule has 0 spiro atoms. The van der Waals surface area contributed by atoms with Crippen LogP contribution in [0.3, 0.4) is 0 Å². The Morgan fingerprint density at radius 3 is 2.09 bits per heavy atom. The van der Waals surface area contributed by atoms with E-state index in [0.29, 0.717) is 0 Å². The smallest absolute Gasteiger partial charge is 0.253 e. The Morgan fingerprint density at radius 2 is 1.55 bits per heavy atom. The highest BCUT2D eigenvalue weighted by atomic mass is 28.4. The van der Waals surface area contributed by atoms with Crippen molar-refractivity contribution in [1.82, 2.24) is 5.32 Å². The Kier molecular flexibility index (Phi) is 3.66. The minimum atomic E-state index is -2.16. The molecule has 3 rings (SSSR count). The first-order valence-electron chi connectivity index (χ1n) is 7.55. The van der Waals surface area contributed by atoms with Gasteiger partial charge in [0, 0.05) is 0 Å². The number of benzene rings is 2. The molecule has 1 amide bonds. The van der Waals surface area contributed by atoms with Gasteiger partial charge in [-0.25, -0.2) is 0 Å². The summed E-state index contributed by atoms with van der Waals surface area (Å²) in [4.78, 5) is 12.2. The molecular weight excluding hydrogens is 290 g/mol. The second-order valence-electron chi connectivity index (χ2n) is 6.40. The van der Waals surface area contributed by atoms with Gasteiger partial charge in [-0.15, -0.1) is 0 Å². The molecule has 2 aromatic carbocycles. The zero-order valence-corrected chi connectivity index (χ0v) is 14.2. The van der Waals surface area contributed by atoms with Crippen LogP contribution in [0.15, 0.2) is 60.7 Å². The fraction of sp³-hybridized carbons (Fsp3) is 0.278. The number of carbonyl (C=O) groups is 1. The highest BCUT2D eigenvalue weighted by molar-refractivity contribution is 6.84. The van der Waals surface area contributed by atoms with Gasteiger partial charge in [0.05, 0.1) is 6.04 Å². The average molecular weight is 311 g/mol. The maximum absolute atomic E-state index is 12.2. The van der Waals surface area contributed by atoms with Gasteiger partial charge >= 0.3 is 0 Å². The summed E-state index contributed by atoms with van der Waals surface area (Å²) in [5.41, 5.74) is 0.287. The number of carbonyl (C=O) groups excluding carboxylic acids is 1. The van der Waals surface area contributed by atoms with Crippen LogP contribution >= 0.6 is 0 Å². The number of rotatable bonds is 4. The van der Waals surface area contributed by atoms with Gasteiger partial charge in [-0.1, -0.05) is 60.7 Å². The molecule has 22 heavy (non-hydrogen) atoms. The van der Waals surface area contributed by atoms with Crippen molar-refractivity contribution in [3.8, 4) is 0 Å². The average Bonchev–Trinajstić information content (AvgIpc) is 2.54. The first-order chi connectivity index (χ1) is 10.4. The van der Waals surface area contributed by atoms with Crippen molar-refractivity contribution in [1.29, 1.82) is 0 Å². The molecule has 1 aliphatic heterocycles. The van der Waals surface area contributed by atoms with Crippen LogP contribution < -0.4 is 10.5 Å². The summed E-state index contributed by atoms with van der Waals surface area (Å²) in [6.45, 7) is 6.18. The Balaban J connectivity index is 1.88. The maximum atomic E-state index is 12.2. The largest absolute Gasteiger partial charge is 0.397 e. The summed E-state index contributed by atoms with van der Waals surface area (Å²) in [6.07, 6.45) is 0. The molecule has 0 unspecified atom stereocenters. The van der Waals surface area contributed by atoms with E-state index < -0.39 is 13.9 Å². The van der Waals surface area contributed by atoms with E-state index in [1.807, 2.05) is 55.5 Å². The van der Waals surface area contributed by atoms with E-state index in [4.69, 9.17) is 4.43 Å². The first-order valence-corrected chi connectivity index (χ1v) is 10.5. The van der Waals surface area contributed by atoms with Gasteiger partial charge in [-0.05, 0) is 30.8 Å². The number of hydrogen-bond donors (Lipinski definition) is 1. The Bertz CT molecular complexity index is 672. The topological polar surface area (TPSA) is 38.3 Å². The Morgan fingerprint density at radius 1 is 1.00 bits per heavy atom. The predicted molar refractivity (Wildman–Crippen MR) is 90.4 cm³/mol. The SMILES string of the molecule is C[C@]1(O[Si](C)(C)c2ccccc2)C(=O)N[C@H]1c1ccccc1. The van der Waals surface area contributed by atoms with E-state index in [9.17, 15) is 4.79 Å². The summed E-state index contributed by atoms with van der Waals surface area (Å²) >= 11 is 0. The molecule has 0 bridgehead atoms. The van der Waals surface area contributed by atoms with Gasteiger partial charge in [0.1, 0.15) is 0 Å². The zero-order valence-electron chi connectivity index (χ0n) is 13.2. The van der Waals surface area contributed by atoms with E-state index in [1.54, 1.807) is 0 Å². The van der Waals surface area contributed by atoms with Crippen LogP contribution in [0.1, 0.15) is 18.5 Å². The lowest BCUT2D eigenvalue weighted by Crippen LogP contribution is -2.70. The summed E-state index contributed by atoms with van der Waals surface area (Å²) < 4.78 is 6.45. The molecule has 3 nitrogen and oxygen atoms in total. The lowest BCUT2D eigenvalue weighted by atomic mass is 9.82. The summed E-state index contributed by atoms with van der Waals surface area (Å²) in [6, 6.07) is 20.1. The minimum Gasteiger partial charge on any atom is -0.397 e. The summed E-state index contributed by atoms with van der Waals surface area (Å²) in [5.74, 6) is -0.0298. The molecule has 1 N–H and O–H groups in total. The van der Waals surface area contributed by atoms with Crippen molar-refractivity contribution in [3.05, 3.63) is 66.2 Å². The van der Waals surface area contributed by atoms with Crippen molar-refractivity contribution < 1.29 is 9.22 Å². The number of hydrogen-bond acceptors (Lipinski definition) is 2. The highest BCUT2D eigenvalue weighted by Gasteiger charge is 2.55. The van der Waals surface area contributed by atoms with Crippen molar-refractivity contribution in [2.45, 2.75) is 31.7 Å². The van der Waals surface area contributed by atoms with Crippen molar-refractivity contribution in [2.75, 3.05) is 0 Å². The van der Waals surface area contributed by atoms with Gasteiger partial charge in [-0.3, -0.25) is 4.79 Å². The van der Waals surface area contributed by atoms with Crippen LogP contribution in [0.2, 0.25) is 13.1 Å². The molecule has 0 aromatic heterocycles. The standard InChI is InChI=1S/C18H21NO2Si/c1-18(21-22(2,3)15-12-8-5-9-13-15)16(19-17(18)20)14-10-6-4-7-11-14/h4-13,16H,1-3H3,(H,19,20)/t16-,18+/m0/s1. The van der Waals surface area contributed by atoms with E-state index in [0.717, 1.165) is 5.56 Å². The predicted octanol–water partition coefficient (Wildman–Crippen LogP) is 2.75. The van der Waals surface area contributed by atoms with E-state index in [-0.39, 0.29) is 11.9 Å².